The maximum Gasteiger partial charge on any atom is 0.292 e. The first kappa shape index (κ1) is 17.0. The fourth-order valence-corrected chi connectivity index (χ4v) is 4.21. The standard InChI is InChI=1S/C20H20N4O4/c25-19-12-15(22-7-9-23(10-8-22)18-3-1-2-6-21-18)20(26)24(19)14-4-5-16-17(11-14)28-13-27-16/h1-6,11,15H,7-10,12-13H2/p+2/t15-/m1/s1. The molecule has 0 bridgehead atoms. The normalized spacial score (nSPS) is 22.2. The van der Waals surface area contributed by atoms with Crippen molar-refractivity contribution in [3.8, 4) is 11.5 Å². The molecule has 144 valence electrons. The zero-order valence-electron chi connectivity index (χ0n) is 15.4. The monoisotopic (exact) mass is 382 g/mol. The van der Waals surface area contributed by atoms with Crippen LogP contribution in [0, 0.1) is 0 Å². The van der Waals surface area contributed by atoms with Crippen molar-refractivity contribution in [2.45, 2.75) is 12.5 Å². The molecule has 3 aliphatic heterocycles. The van der Waals surface area contributed by atoms with Crippen LogP contribution < -0.4 is 29.2 Å². The summed E-state index contributed by atoms with van der Waals surface area (Å²) >= 11 is 0. The molecule has 8 nitrogen and oxygen atoms in total. The zero-order chi connectivity index (χ0) is 19.1. The summed E-state index contributed by atoms with van der Waals surface area (Å²) in [6.45, 7) is 3.50. The van der Waals surface area contributed by atoms with Crippen molar-refractivity contribution in [1.82, 2.24) is 0 Å². The van der Waals surface area contributed by atoms with Gasteiger partial charge in [-0.1, -0.05) is 6.07 Å². The quantitative estimate of drug-likeness (QED) is 0.708. The van der Waals surface area contributed by atoms with Crippen LogP contribution in [-0.2, 0) is 9.59 Å². The molecule has 2 saturated heterocycles. The first-order chi connectivity index (χ1) is 13.7. The summed E-state index contributed by atoms with van der Waals surface area (Å²) in [4.78, 5) is 33.7. The number of anilines is 2. The lowest BCUT2D eigenvalue weighted by Crippen LogP contribution is -3.19. The molecule has 0 spiro atoms. The maximum absolute atomic E-state index is 13.1. The lowest BCUT2D eigenvalue weighted by molar-refractivity contribution is -0.915. The van der Waals surface area contributed by atoms with Gasteiger partial charge in [-0.05, 0) is 18.2 Å². The van der Waals surface area contributed by atoms with Gasteiger partial charge in [-0.2, -0.15) is 0 Å². The van der Waals surface area contributed by atoms with Crippen molar-refractivity contribution in [1.29, 1.82) is 0 Å². The highest BCUT2D eigenvalue weighted by molar-refractivity contribution is 6.22. The molecule has 0 saturated carbocycles. The summed E-state index contributed by atoms with van der Waals surface area (Å²) in [5.41, 5.74) is 0.554. The predicted molar refractivity (Wildman–Crippen MR) is 99.4 cm³/mol. The minimum atomic E-state index is -0.320. The summed E-state index contributed by atoms with van der Waals surface area (Å²) in [6, 6.07) is 10.9. The molecule has 4 heterocycles. The minimum Gasteiger partial charge on any atom is -0.454 e. The Kier molecular flexibility index (Phi) is 4.12. The third kappa shape index (κ3) is 2.86. The number of benzene rings is 1. The Balaban J connectivity index is 1.29. The molecule has 5 rings (SSSR count). The van der Waals surface area contributed by atoms with E-state index in [2.05, 4.69) is 16.0 Å². The van der Waals surface area contributed by atoms with E-state index in [-0.39, 0.29) is 31.1 Å². The summed E-state index contributed by atoms with van der Waals surface area (Å²) in [7, 11) is 0. The van der Waals surface area contributed by atoms with Gasteiger partial charge in [0.15, 0.2) is 17.5 Å². The Morgan fingerprint density at radius 2 is 1.86 bits per heavy atom. The van der Waals surface area contributed by atoms with Gasteiger partial charge >= 0.3 is 0 Å². The third-order valence-corrected chi connectivity index (χ3v) is 5.69. The smallest absolute Gasteiger partial charge is 0.292 e. The number of quaternary nitrogens is 1. The van der Waals surface area contributed by atoms with Crippen molar-refractivity contribution in [2.75, 3.05) is 42.8 Å². The summed E-state index contributed by atoms with van der Waals surface area (Å²) in [5, 5.41) is 0. The highest BCUT2D eigenvalue weighted by Gasteiger charge is 2.47. The van der Waals surface area contributed by atoms with Crippen LogP contribution in [0.5, 0.6) is 11.5 Å². The van der Waals surface area contributed by atoms with Crippen molar-refractivity contribution < 1.29 is 28.9 Å². The molecule has 2 N–H and O–H groups in total. The van der Waals surface area contributed by atoms with Crippen LogP contribution in [0.15, 0.2) is 42.6 Å². The Labute approximate surface area is 162 Å². The average molecular weight is 382 g/mol. The van der Waals surface area contributed by atoms with Crippen molar-refractivity contribution >= 4 is 23.3 Å². The van der Waals surface area contributed by atoms with Gasteiger partial charge in [0.25, 0.3) is 11.7 Å². The number of amides is 2. The van der Waals surface area contributed by atoms with Crippen LogP contribution in [-0.4, -0.2) is 50.8 Å². The Morgan fingerprint density at radius 3 is 2.64 bits per heavy atom. The van der Waals surface area contributed by atoms with Gasteiger partial charge in [0.2, 0.25) is 12.7 Å². The molecule has 0 radical (unpaired) electrons. The Morgan fingerprint density at radius 1 is 1.04 bits per heavy atom. The van der Waals surface area contributed by atoms with Crippen LogP contribution in [0.25, 0.3) is 0 Å². The van der Waals surface area contributed by atoms with E-state index in [0.29, 0.717) is 17.2 Å². The van der Waals surface area contributed by atoms with Crippen LogP contribution in [0.3, 0.4) is 0 Å². The van der Waals surface area contributed by atoms with E-state index in [1.165, 1.54) is 9.80 Å². The summed E-state index contributed by atoms with van der Waals surface area (Å²) < 4.78 is 10.7. The number of carbonyl (C=O) groups excluding carboxylic acids is 2. The zero-order valence-corrected chi connectivity index (χ0v) is 15.4. The number of hydrogen-bond acceptors (Lipinski definition) is 5. The number of aromatic nitrogens is 1. The second kappa shape index (κ2) is 6.79. The van der Waals surface area contributed by atoms with Gasteiger partial charge < -0.3 is 14.4 Å². The number of nitrogens with one attached hydrogen (secondary N) is 2. The fraction of sp³-hybridized carbons (Fsp3) is 0.350. The molecule has 2 aromatic rings. The highest BCUT2D eigenvalue weighted by Crippen LogP contribution is 2.36. The molecular weight excluding hydrogens is 360 g/mol. The van der Waals surface area contributed by atoms with E-state index in [1.807, 2.05) is 18.3 Å². The van der Waals surface area contributed by atoms with Gasteiger partial charge in [0.1, 0.15) is 26.2 Å². The number of H-pyrrole nitrogens is 1. The molecule has 0 aliphatic carbocycles. The number of pyridine rings is 1. The second-order valence-corrected chi connectivity index (χ2v) is 7.25. The highest BCUT2D eigenvalue weighted by atomic mass is 16.7. The topological polar surface area (TPSA) is 77.7 Å². The van der Waals surface area contributed by atoms with E-state index in [4.69, 9.17) is 9.47 Å². The number of carbonyl (C=O) groups is 2. The Bertz CT molecular complexity index is 912. The van der Waals surface area contributed by atoms with Crippen LogP contribution in [0.4, 0.5) is 11.5 Å². The fourth-order valence-electron chi connectivity index (χ4n) is 4.21. The number of rotatable bonds is 3. The van der Waals surface area contributed by atoms with Gasteiger partial charge in [-0.3, -0.25) is 14.5 Å². The molecule has 2 amide bonds. The first-order valence-electron chi connectivity index (χ1n) is 9.53. The molecule has 0 unspecified atom stereocenters. The molecule has 1 atom stereocenters. The largest absolute Gasteiger partial charge is 0.454 e. The summed E-state index contributed by atoms with van der Waals surface area (Å²) in [5.74, 6) is 2.01. The number of imide groups is 1. The molecule has 8 heteroatoms. The van der Waals surface area contributed by atoms with Crippen LogP contribution >= 0.6 is 0 Å². The molecule has 1 aromatic heterocycles. The van der Waals surface area contributed by atoms with Gasteiger partial charge in [0, 0.05) is 12.1 Å². The molecule has 3 aliphatic rings. The molecule has 1 aromatic carbocycles. The van der Waals surface area contributed by atoms with Crippen LogP contribution in [0.2, 0.25) is 0 Å². The second-order valence-electron chi connectivity index (χ2n) is 7.25. The van der Waals surface area contributed by atoms with Crippen LogP contribution in [0.1, 0.15) is 6.42 Å². The van der Waals surface area contributed by atoms with E-state index in [1.54, 1.807) is 18.2 Å². The van der Waals surface area contributed by atoms with Crippen molar-refractivity contribution in [3.05, 3.63) is 42.6 Å². The molecule has 2 fully saturated rings. The number of piperazine rings is 1. The predicted octanol–water partition coefficient (Wildman–Crippen LogP) is -0.734. The number of hydrogen-bond donors (Lipinski definition) is 1. The molecule has 28 heavy (non-hydrogen) atoms. The van der Waals surface area contributed by atoms with Gasteiger partial charge in [0.05, 0.1) is 18.3 Å². The molecular formula is C20H22N4O4+2. The van der Waals surface area contributed by atoms with E-state index in [9.17, 15) is 9.59 Å². The van der Waals surface area contributed by atoms with E-state index < -0.39 is 0 Å². The average Bonchev–Trinajstić information content (AvgIpc) is 3.32. The Hall–Kier alpha value is -3.13. The lowest BCUT2D eigenvalue weighted by Gasteiger charge is -2.31. The van der Waals surface area contributed by atoms with Crippen molar-refractivity contribution in [3.63, 3.8) is 0 Å². The van der Waals surface area contributed by atoms with Crippen molar-refractivity contribution in [2.24, 2.45) is 0 Å². The number of fused-ring (bicyclic) bond motifs is 1. The minimum absolute atomic E-state index is 0.126. The SMILES string of the molecule is O=C1C[C@@H]([NH+]2CCN(c3cccc[nH+]3)CC2)C(=O)N1c1ccc2c(c1)OCO2. The van der Waals surface area contributed by atoms with E-state index >= 15 is 0 Å². The number of ether oxygens (including phenoxy) is 2. The lowest BCUT2D eigenvalue weighted by atomic mass is 10.1. The first-order valence-corrected chi connectivity index (χ1v) is 9.53. The number of aromatic amines is 1. The number of nitrogens with zero attached hydrogens (tertiary/aromatic N) is 2. The van der Waals surface area contributed by atoms with Gasteiger partial charge in [-0.25, -0.2) is 9.88 Å². The summed E-state index contributed by atoms with van der Waals surface area (Å²) in [6.07, 6.45) is 2.16. The maximum atomic E-state index is 13.1. The third-order valence-electron chi connectivity index (χ3n) is 5.69. The van der Waals surface area contributed by atoms with E-state index in [0.717, 1.165) is 32.0 Å². The van der Waals surface area contributed by atoms with Gasteiger partial charge in [-0.15, -0.1) is 0 Å².